The fourth-order valence-electron chi connectivity index (χ4n) is 5.50. The number of hydrogen-bond donors (Lipinski definition) is 1. The average molecular weight is 721 g/mol. The van der Waals surface area contributed by atoms with Crippen LogP contribution in [0.2, 0.25) is 10.0 Å². The highest BCUT2D eigenvalue weighted by Gasteiger charge is 2.18. The third kappa shape index (κ3) is 7.20. The number of aryl methyl sites for hydroxylation is 2. The van der Waals surface area contributed by atoms with Gasteiger partial charge in [-0.25, -0.2) is 18.4 Å². The fraction of sp³-hybridized carbons (Fsp3) is 0.235. The van der Waals surface area contributed by atoms with Crippen molar-refractivity contribution >= 4 is 61.1 Å². The molecule has 12 nitrogen and oxygen atoms in total. The summed E-state index contributed by atoms with van der Waals surface area (Å²) >= 11 is 12.4. The lowest BCUT2D eigenvalue weighted by molar-refractivity contribution is 0.0903. The van der Waals surface area contributed by atoms with Gasteiger partial charge < -0.3 is 10.1 Å². The standard InChI is InChI=1S/C19H19ClN4O2.C15H12ClN3O3S/c1-24-17-12(10-15(18(24)25)14-4-2-3-5-16(14)20)11-21-19(23-17)22-13-6-8-26-9-7-13;1-19-13-9(8-17-15(18-13)23(2,21)22)7-11(14(19)20)10-5-3-4-6-12(10)16/h2-5,10-11,13H,6-9H2,1H3,(H,21,22,23);3-8H,1-2H3. The first-order valence-electron chi connectivity index (χ1n) is 15.2. The van der Waals surface area contributed by atoms with Gasteiger partial charge in [0.15, 0.2) is 0 Å². The first kappa shape index (κ1) is 34.2. The van der Waals surface area contributed by atoms with Crippen molar-refractivity contribution in [1.82, 2.24) is 29.1 Å². The minimum Gasteiger partial charge on any atom is -0.381 e. The molecule has 6 aromatic rings. The summed E-state index contributed by atoms with van der Waals surface area (Å²) in [6.07, 6.45) is 5.99. The van der Waals surface area contributed by atoms with Crippen molar-refractivity contribution in [1.29, 1.82) is 0 Å². The molecule has 252 valence electrons. The second kappa shape index (κ2) is 14.0. The van der Waals surface area contributed by atoms with Gasteiger partial charge in [-0.2, -0.15) is 9.97 Å². The summed E-state index contributed by atoms with van der Waals surface area (Å²) in [7, 11) is -0.301. The number of halogens is 2. The number of hydrogen-bond acceptors (Lipinski definition) is 10. The van der Waals surface area contributed by atoms with Gasteiger partial charge in [0.1, 0.15) is 11.3 Å². The predicted octanol–water partition coefficient (Wildman–Crippen LogP) is 5.29. The van der Waals surface area contributed by atoms with Crippen molar-refractivity contribution in [3.63, 3.8) is 0 Å². The summed E-state index contributed by atoms with van der Waals surface area (Å²) in [5.41, 5.74) is 2.65. The molecule has 0 atom stereocenters. The Labute approximate surface area is 291 Å². The van der Waals surface area contributed by atoms with Crippen molar-refractivity contribution in [2.45, 2.75) is 24.0 Å². The third-order valence-electron chi connectivity index (χ3n) is 8.09. The van der Waals surface area contributed by atoms with Crippen LogP contribution in [-0.4, -0.2) is 63.0 Å². The van der Waals surface area contributed by atoms with Crippen LogP contribution in [0.15, 0.2) is 87.8 Å². The molecule has 1 aliphatic heterocycles. The lowest BCUT2D eigenvalue weighted by atomic mass is 10.1. The van der Waals surface area contributed by atoms with Gasteiger partial charge in [-0.15, -0.1) is 0 Å². The van der Waals surface area contributed by atoms with Crippen LogP contribution >= 0.6 is 23.2 Å². The molecular weight excluding hydrogens is 689 g/mol. The average Bonchev–Trinajstić information content (AvgIpc) is 3.09. The molecule has 4 aromatic heterocycles. The second-order valence-electron chi connectivity index (χ2n) is 11.5. The molecule has 1 aliphatic rings. The molecule has 0 radical (unpaired) electrons. The first-order valence-corrected chi connectivity index (χ1v) is 17.8. The summed E-state index contributed by atoms with van der Waals surface area (Å²) in [6, 6.07) is 18.0. The Morgan fingerprint density at radius 1 is 0.755 bits per heavy atom. The summed E-state index contributed by atoms with van der Waals surface area (Å²) < 4.78 is 31.4. The maximum absolute atomic E-state index is 12.8. The molecule has 15 heteroatoms. The van der Waals surface area contributed by atoms with Gasteiger partial charge in [0.05, 0.1) is 0 Å². The van der Waals surface area contributed by atoms with Crippen LogP contribution in [0.3, 0.4) is 0 Å². The number of anilines is 1. The van der Waals surface area contributed by atoms with E-state index in [1.165, 1.54) is 17.8 Å². The number of pyridine rings is 2. The topological polar surface area (TPSA) is 151 Å². The van der Waals surface area contributed by atoms with E-state index in [9.17, 15) is 18.0 Å². The largest absolute Gasteiger partial charge is 0.381 e. The van der Waals surface area contributed by atoms with Gasteiger partial charge in [0, 0.05) is 95.1 Å². The number of rotatable bonds is 5. The Morgan fingerprint density at radius 3 is 1.76 bits per heavy atom. The van der Waals surface area contributed by atoms with E-state index in [0.29, 0.717) is 55.3 Å². The molecule has 1 fully saturated rings. The molecule has 0 spiro atoms. The van der Waals surface area contributed by atoms with E-state index in [-0.39, 0.29) is 21.9 Å². The van der Waals surface area contributed by atoms with Crippen LogP contribution in [-0.2, 0) is 28.7 Å². The molecule has 0 bridgehead atoms. The van der Waals surface area contributed by atoms with E-state index < -0.39 is 9.84 Å². The van der Waals surface area contributed by atoms with Crippen LogP contribution < -0.4 is 16.4 Å². The highest BCUT2D eigenvalue weighted by atomic mass is 35.5. The minimum atomic E-state index is -3.55. The van der Waals surface area contributed by atoms with Crippen molar-refractivity contribution in [3.8, 4) is 22.3 Å². The highest BCUT2D eigenvalue weighted by Crippen LogP contribution is 2.28. The SMILES string of the molecule is Cn1c(=O)c(-c2ccccc2Cl)cc2cnc(NC3CCOCC3)nc21.Cn1c(=O)c(-c2ccccc2Cl)cc2cnc(S(C)(=O)=O)nc21. The first-order chi connectivity index (χ1) is 23.4. The van der Waals surface area contributed by atoms with Gasteiger partial charge in [0.2, 0.25) is 20.9 Å². The molecule has 1 N–H and O–H groups in total. The Hall–Kier alpha value is -4.69. The van der Waals surface area contributed by atoms with Crippen LogP contribution in [0.1, 0.15) is 12.8 Å². The molecule has 0 amide bonds. The summed E-state index contributed by atoms with van der Waals surface area (Å²) in [5.74, 6) is 0.532. The minimum absolute atomic E-state index is 0.138. The molecule has 49 heavy (non-hydrogen) atoms. The summed E-state index contributed by atoms with van der Waals surface area (Å²) in [5, 5.41) is 5.36. The molecule has 0 aliphatic carbocycles. The van der Waals surface area contributed by atoms with E-state index in [1.807, 2.05) is 18.2 Å². The second-order valence-corrected chi connectivity index (χ2v) is 14.2. The highest BCUT2D eigenvalue weighted by molar-refractivity contribution is 7.90. The van der Waals surface area contributed by atoms with Crippen LogP contribution in [0.4, 0.5) is 5.95 Å². The number of ether oxygens (including phenoxy) is 1. The quantitative estimate of drug-likeness (QED) is 0.233. The molecule has 7 rings (SSSR count). The number of sulfone groups is 1. The zero-order valence-corrected chi connectivity index (χ0v) is 29.1. The normalized spacial score (nSPS) is 13.7. The molecule has 0 unspecified atom stereocenters. The monoisotopic (exact) mass is 719 g/mol. The molecule has 0 saturated carbocycles. The van der Waals surface area contributed by atoms with Crippen LogP contribution in [0.5, 0.6) is 0 Å². The van der Waals surface area contributed by atoms with Crippen molar-refractivity contribution < 1.29 is 13.2 Å². The Morgan fingerprint density at radius 2 is 1.24 bits per heavy atom. The number of benzene rings is 2. The van der Waals surface area contributed by atoms with Crippen molar-refractivity contribution in [2.75, 3.05) is 24.8 Å². The Kier molecular flexibility index (Phi) is 9.79. The van der Waals surface area contributed by atoms with Gasteiger partial charge in [-0.05, 0) is 37.1 Å². The van der Waals surface area contributed by atoms with Gasteiger partial charge in [-0.3, -0.25) is 18.7 Å². The van der Waals surface area contributed by atoms with E-state index in [1.54, 1.807) is 60.3 Å². The smallest absolute Gasteiger partial charge is 0.259 e. The zero-order chi connectivity index (χ0) is 34.9. The van der Waals surface area contributed by atoms with E-state index in [2.05, 4.69) is 25.3 Å². The van der Waals surface area contributed by atoms with Crippen LogP contribution in [0.25, 0.3) is 44.3 Å². The van der Waals surface area contributed by atoms with Gasteiger partial charge in [-0.1, -0.05) is 59.6 Å². The zero-order valence-electron chi connectivity index (χ0n) is 26.7. The molecule has 1 saturated heterocycles. The number of nitrogens with one attached hydrogen (secondary N) is 1. The number of fused-ring (bicyclic) bond motifs is 2. The molecule has 5 heterocycles. The van der Waals surface area contributed by atoms with Crippen LogP contribution in [0, 0.1) is 0 Å². The lowest BCUT2D eigenvalue weighted by Gasteiger charge is -2.23. The van der Waals surface area contributed by atoms with Crippen molar-refractivity contribution in [3.05, 3.63) is 104 Å². The summed E-state index contributed by atoms with van der Waals surface area (Å²) in [6.45, 7) is 1.48. The predicted molar refractivity (Wildman–Crippen MR) is 191 cm³/mol. The van der Waals surface area contributed by atoms with Gasteiger partial charge in [0.25, 0.3) is 11.1 Å². The van der Waals surface area contributed by atoms with Crippen molar-refractivity contribution in [2.24, 2.45) is 14.1 Å². The Balaban J connectivity index is 0.000000171. The number of nitrogens with zero attached hydrogens (tertiary/aromatic N) is 6. The fourth-order valence-corrected chi connectivity index (χ4v) is 6.47. The summed E-state index contributed by atoms with van der Waals surface area (Å²) in [4.78, 5) is 42.3. The Bertz CT molecular complexity index is 2450. The van der Waals surface area contributed by atoms with E-state index in [0.717, 1.165) is 37.7 Å². The number of aromatic nitrogens is 6. The lowest BCUT2D eigenvalue weighted by Crippen LogP contribution is -2.29. The maximum Gasteiger partial charge on any atom is 0.259 e. The third-order valence-corrected chi connectivity index (χ3v) is 9.61. The van der Waals surface area contributed by atoms with E-state index >= 15 is 0 Å². The van der Waals surface area contributed by atoms with Gasteiger partial charge >= 0.3 is 0 Å². The molecular formula is C34H31Cl2N7O5S. The molecule has 2 aromatic carbocycles. The van der Waals surface area contributed by atoms with E-state index in [4.69, 9.17) is 27.9 Å². The maximum atomic E-state index is 12.8.